The van der Waals surface area contributed by atoms with Gasteiger partial charge in [-0.25, -0.2) is 0 Å². The number of hydrogen-bond acceptors (Lipinski definition) is 16. The van der Waals surface area contributed by atoms with E-state index in [1.165, 1.54) is 0 Å². The molecule has 16 heteroatoms. The fraction of sp³-hybridized carbons (Fsp3) is 0.773. The summed E-state index contributed by atoms with van der Waals surface area (Å²) in [5.74, 6) is -6.78. The average molecular weight is 552 g/mol. The van der Waals surface area contributed by atoms with Crippen LogP contribution in [0.15, 0.2) is 0 Å². The van der Waals surface area contributed by atoms with E-state index in [2.05, 4.69) is 0 Å². The molecule has 3 N–H and O–H groups in total. The van der Waals surface area contributed by atoms with Gasteiger partial charge in [0, 0.05) is 34.6 Å². The molecule has 0 bridgehead atoms. The molecular weight excluding hydrogens is 520 g/mol. The highest BCUT2D eigenvalue weighted by molar-refractivity contribution is 5.69. The van der Waals surface area contributed by atoms with E-state index < -0.39 is 104 Å². The lowest BCUT2D eigenvalue weighted by Gasteiger charge is -2.46. The smallest absolute Gasteiger partial charge is 0.303 e. The Bertz CT molecular complexity index is 891. The fourth-order valence-electron chi connectivity index (χ4n) is 4.19. The third-order valence-corrected chi connectivity index (χ3v) is 5.44. The zero-order chi connectivity index (χ0) is 28.8. The van der Waals surface area contributed by atoms with Crippen LogP contribution in [0.1, 0.15) is 34.6 Å². The minimum Gasteiger partial charge on any atom is -0.456 e. The van der Waals surface area contributed by atoms with Crippen molar-refractivity contribution in [3.63, 3.8) is 0 Å². The SMILES string of the molecule is CC(=O)O[C@H]1[C@@H](OC(C)=O)[C@@H](CO)O[C@H](O[C@]2(CO)O[C@H](CO)[C@@H](OC(C)=O)[C@@H]2OC(C)=O)[C@@H]1OC(C)=O. The molecule has 9 atom stereocenters. The first-order chi connectivity index (χ1) is 17.8. The maximum Gasteiger partial charge on any atom is 0.303 e. The van der Waals surface area contributed by atoms with Gasteiger partial charge >= 0.3 is 29.8 Å². The average Bonchev–Trinajstić information content (AvgIpc) is 3.08. The van der Waals surface area contributed by atoms with Crippen molar-refractivity contribution in [1.82, 2.24) is 0 Å². The van der Waals surface area contributed by atoms with Crippen molar-refractivity contribution >= 4 is 29.8 Å². The Kier molecular flexibility index (Phi) is 10.9. The first-order valence-electron chi connectivity index (χ1n) is 11.5. The first-order valence-corrected chi connectivity index (χ1v) is 11.5. The Balaban J connectivity index is 2.58. The van der Waals surface area contributed by atoms with Crippen molar-refractivity contribution in [3.05, 3.63) is 0 Å². The van der Waals surface area contributed by atoms with E-state index in [9.17, 15) is 39.3 Å². The molecule has 0 aromatic heterocycles. The van der Waals surface area contributed by atoms with Gasteiger partial charge in [-0.05, 0) is 0 Å². The number of aliphatic hydroxyl groups is 3. The van der Waals surface area contributed by atoms with Crippen LogP contribution in [0, 0.1) is 0 Å². The standard InChI is InChI=1S/C22H32O16/c1-9(26)31-16-14(6-23)36-21(19(34-12(4)29)18(16)33-11(3)28)38-22(8-25)20(35-13(5)30)17(32-10(2)27)15(7-24)37-22/h14-21,23-25H,6-8H2,1-5H3/t14-,15-,16+,17-,18+,19-,20+,21-,22+/m1/s1. The molecule has 0 spiro atoms. The van der Waals surface area contributed by atoms with Crippen molar-refractivity contribution in [3.8, 4) is 0 Å². The summed E-state index contributed by atoms with van der Waals surface area (Å²) >= 11 is 0. The number of ether oxygens (including phenoxy) is 8. The Labute approximate surface area is 216 Å². The maximum atomic E-state index is 12.0. The van der Waals surface area contributed by atoms with Gasteiger partial charge in [0.2, 0.25) is 12.1 Å². The van der Waals surface area contributed by atoms with Gasteiger partial charge in [-0.15, -0.1) is 0 Å². The zero-order valence-electron chi connectivity index (χ0n) is 21.4. The summed E-state index contributed by atoms with van der Waals surface area (Å²) in [4.78, 5) is 59.2. The van der Waals surface area contributed by atoms with Gasteiger partial charge < -0.3 is 53.2 Å². The number of carbonyl (C=O) groups is 5. The van der Waals surface area contributed by atoms with Crippen LogP contribution in [0.5, 0.6) is 0 Å². The molecule has 216 valence electrons. The molecule has 0 aromatic rings. The van der Waals surface area contributed by atoms with Crippen molar-refractivity contribution < 1.29 is 77.2 Å². The van der Waals surface area contributed by atoms with Gasteiger partial charge in [-0.2, -0.15) is 0 Å². The predicted octanol–water partition coefficient (Wildman–Crippen LogP) is -2.54. The number of rotatable bonds is 10. The van der Waals surface area contributed by atoms with Crippen molar-refractivity contribution in [2.45, 2.75) is 89.4 Å². The lowest BCUT2D eigenvalue weighted by Crippen LogP contribution is -2.65. The lowest BCUT2D eigenvalue weighted by molar-refractivity contribution is -0.384. The molecule has 2 saturated heterocycles. The predicted molar refractivity (Wildman–Crippen MR) is 116 cm³/mol. The summed E-state index contributed by atoms with van der Waals surface area (Å²) in [5, 5.41) is 30.1. The van der Waals surface area contributed by atoms with Gasteiger partial charge in [0.1, 0.15) is 18.8 Å². The van der Waals surface area contributed by atoms with Crippen LogP contribution < -0.4 is 0 Å². The number of esters is 5. The Hall–Kier alpha value is -2.89. The molecule has 38 heavy (non-hydrogen) atoms. The summed E-state index contributed by atoms with van der Waals surface area (Å²) < 4.78 is 43.3. The van der Waals surface area contributed by atoms with Crippen LogP contribution in [0.3, 0.4) is 0 Å². The van der Waals surface area contributed by atoms with Gasteiger partial charge in [0.15, 0.2) is 30.5 Å². The molecule has 2 rings (SSSR count). The van der Waals surface area contributed by atoms with Crippen molar-refractivity contribution in [2.24, 2.45) is 0 Å². The topological polar surface area (TPSA) is 220 Å². The van der Waals surface area contributed by atoms with E-state index in [1.807, 2.05) is 0 Å². The molecule has 0 unspecified atom stereocenters. The van der Waals surface area contributed by atoms with Gasteiger partial charge in [0.25, 0.3) is 0 Å². The van der Waals surface area contributed by atoms with Gasteiger partial charge in [-0.1, -0.05) is 0 Å². The second kappa shape index (κ2) is 13.3. The van der Waals surface area contributed by atoms with E-state index >= 15 is 0 Å². The van der Waals surface area contributed by atoms with Crippen molar-refractivity contribution in [1.29, 1.82) is 0 Å². The summed E-state index contributed by atoms with van der Waals surface area (Å²) in [7, 11) is 0. The molecule has 0 amide bonds. The van der Waals surface area contributed by atoms with Crippen LogP contribution in [0.4, 0.5) is 0 Å². The molecule has 2 fully saturated rings. The highest BCUT2D eigenvalue weighted by Crippen LogP contribution is 2.40. The molecule has 0 saturated carbocycles. The van der Waals surface area contributed by atoms with Crippen LogP contribution in [-0.2, 0) is 61.9 Å². The van der Waals surface area contributed by atoms with Crippen LogP contribution in [0.25, 0.3) is 0 Å². The van der Waals surface area contributed by atoms with E-state index in [-0.39, 0.29) is 0 Å². The normalized spacial score (nSPS) is 34.6. The maximum absolute atomic E-state index is 12.0. The minimum absolute atomic E-state index is 0.774. The largest absolute Gasteiger partial charge is 0.456 e. The van der Waals surface area contributed by atoms with Gasteiger partial charge in [0.05, 0.1) is 13.2 Å². The van der Waals surface area contributed by atoms with E-state index in [0.29, 0.717) is 0 Å². The van der Waals surface area contributed by atoms with E-state index in [4.69, 9.17) is 37.9 Å². The molecule has 2 aliphatic heterocycles. The van der Waals surface area contributed by atoms with Crippen LogP contribution in [-0.4, -0.2) is 120 Å². The lowest BCUT2D eigenvalue weighted by atomic mass is 9.97. The third kappa shape index (κ3) is 7.36. The molecule has 0 aromatic carbocycles. The molecule has 16 nitrogen and oxygen atoms in total. The molecule has 0 radical (unpaired) electrons. The second-order valence-corrected chi connectivity index (χ2v) is 8.48. The Morgan fingerprint density at radius 2 is 1.08 bits per heavy atom. The Morgan fingerprint density at radius 1 is 0.632 bits per heavy atom. The summed E-state index contributed by atoms with van der Waals surface area (Å²) in [6.07, 6.45) is -12.5. The summed E-state index contributed by atoms with van der Waals surface area (Å²) in [6, 6.07) is 0. The Morgan fingerprint density at radius 3 is 1.53 bits per heavy atom. The minimum atomic E-state index is -2.39. The number of carbonyl (C=O) groups excluding carboxylic acids is 5. The summed E-state index contributed by atoms with van der Waals surface area (Å²) in [6.45, 7) is 2.48. The quantitative estimate of drug-likeness (QED) is 0.188. The fourth-order valence-corrected chi connectivity index (χ4v) is 4.19. The molecule has 2 heterocycles. The van der Waals surface area contributed by atoms with Gasteiger partial charge in [-0.3, -0.25) is 24.0 Å². The zero-order valence-corrected chi connectivity index (χ0v) is 21.4. The van der Waals surface area contributed by atoms with E-state index in [0.717, 1.165) is 34.6 Å². The second-order valence-electron chi connectivity index (χ2n) is 8.48. The highest BCUT2D eigenvalue weighted by Gasteiger charge is 2.63. The number of hydrogen-bond donors (Lipinski definition) is 3. The molecule has 2 aliphatic rings. The van der Waals surface area contributed by atoms with E-state index in [1.54, 1.807) is 0 Å². The van der Waals surface area contributed by atoms with Crippen LogP contribution >= 0.6 is 0 Å². The third-order valence-electron chi connectivity index (χ3n) is 5.44. The monoisotopic (exact) mass is 552 g/mol. The summed E-state index contributed by atoms with van der Waals surface area (Å²) in [5.41, 5.74) is 0. The highest BCUT2D eigenvalue weighted by atomic mass is 16.8. The van der Waals surface area contributed by atoms with Crippen LogP contribution in [0.2, 0.25) is 0 Å². The number of aliphatic hydroxyl groups excluding tert-OH is 3. The molecular formula is C22H32O16. The van der Waals surface area contributed by atoms with Crippen molar-refractivity contribution in [2.75, 3.05) is 19.8 Å². The first kappa shape index (κ1) is 31.3. The molecule has 0 aliphatic carbocycles.